The van der Waals surface area contributed by atoms with Gasteiger partial charge in [0.2, 0.25) is 0 Å². The second-order valence-electron chi connectivity index (χ2n) is 5.30. The predicted octanol–water partition coefficient (Wildman–Crippen LogP) is 2.55. The molecule has 0 atom stereocenters. The fraction of sp³-hybridized carbons (Fsp3) is 0.0667. The molecule has 0 aliphatic heterocycles. The third-order valence-electron chi connectivity index (χ3n) is 3.46. The third kappa shape index (κ3) is 5.16. The first-order valence-corrected chi connectivity index (χ1v) is 7.92. The molecule has 0 saturated heterocycles. The van der Waals surface area contributed by atoms with Gasteiger partial charge in [0.1, 0.15) is 11.4 Å². The van der Waals surface area contributed by atoms with Crippen molar-refractivity contribution in [3.05, 3.63) is 72.3 Å². The van der Waals surface area contributed by atoms with Crippen molar-refractivity contribution in [3.63, 3.8) is 0 Å². The predicted molar refractivity (Wildman–Crippen MR) is 103 cm³/mol. The van der Waals surface area contributed by atoms with Crippen molar-refractivity contribution in [1.29, 1.82) is 0 Å². The zero-order valence-electron chi connectivity index (χ0n) is 14.5. The van der Waals surface area contributed by atoms with E-state index in [4.69, 9.17) is 17.0 Å². The summed E-state index contributed by atoms with van der Waals surface area (Å²) >= 11 is 4.92. The maximum absolute atomic E-state index is 12.3. The zero-order chi connectivity index (χ0) is 21.7. The largest absolute Gasteiger partial charge is 0.496 e. The molecule has 0 spiro atoms. The summed E-state index contributed by atoms with van der Waals surface area (Å²) in [7, 11) is 1.33. The molecule has 2 N–H and O–H groups in total. The molecular formula is C15H11N5O8S. The molecule has 2 aromatic carbocycles. The molecule has 0 radical (unpaired) electrons. The van der Waals surface area contributed by atoms with Crippen LogP contribution in [0.1, 0.15) is 10.4 Å². The lowest BCUT2D eigenvalue weighted by Crippen LogP contribution is -2.34. The maximum Gasteiger partial charge on any atom is 0.296 e. The summed E-state index contributed by atoms with van der Waals surface area (Å²) in [5, 5.41) is 37.2. The summed E-state index contributed by atoms with van der Waals surface area (Å²) in [6.07, 6.45) is 0. The zero-order valence-corrected chi connectivity index (χ0v) is 15.3. The molecule has 2 rings (SSSR count). The quantitative estimate of drug-likeness (QED) is 0.399. The number of benzene rings is 2. The molecule has 0 saturated carbocycles. The SMILES string of the molecule is COc1ccc(NC(=S)NC(=O)c2cc([N+](=O)[O-])cc([N+](=O)[O-])c2)c([N+](=O)[O-])c1. The number of carbonyl (C=O) groups is 1. The van der Waals surface area contributed by atoms with Crippen molar-refractivity contribution < 1.29 is 24.3 Å². The fourth-order valence-corrected chi connectivity index (χ4v) is 2.36. The summed E-state index contributed by atoms with van der Waals surface area (Å²) < 4.78 is 4.90. The Balaban J connectivity index is 2.24. The highest BCUT2D eigenvalue weighted by Crippen LogP contribution is 2.29. The van der Waals surface area contributed by atoms with Gasteiger partial charge < -0.3 is 10.1 Å². The van der Waals surface area contributed by atoms with Crippen LogP contribution in [-0.4, -0.2) is 32.9 Å². The number of methoxy groups -OCH3 is 1. The average Bonchev–Trinajstić information content (AvgIpc) is 2.67. The van der Waals surface area contributed by atoms with Gasteiger partial charge in [-0.15, -0.1) is 0 Å². The highest BCUT2D eigenvalue weighted by molar-refractivity contribution is 7.80. The van der Waals surface area contributed by atoms with E-state index in [1.807, 2.05) is 0 Å². The van der Waals surface area contributed by atoms with E-state index >= 15 is 0 Å². The van der Waals surface area contributed by atoms with Crippen LogP contribution in [0.4, 0.5) is 22.7 Å². The van der Waals surface area contributed by atoms with Gasteiger partial charge in [-0.3, -0.25) is 40.5 Å². The minimum Gasteiger partial charge on any atom is -0.496 e. The molecule has 13 nitrogen and oxygen atoms in total. The van der Waals surface area contributed by atoms with Crippen LogP contribution in [0.25, 0.3) is 0 Å². The van der Waals surface area contributed by atoms with Gasteiger partial charge in [-0.2, -0.15) is 0 Å². The number of amides is 1. The molecule has 0 aliphatic carbocycles. The van der Waals surface area contributed by atoms with Crippen molar-refractivity contribution in [2.24, 2.45) is 0 Å². The van der Waals surface area contributed by atoms with Gasteiger partial charge in [-0.05, 0) is 24.4 Å². The molecule has 14 heteroatoms. The van der Waals surface area contributed by atoms with Gasteiger partial charge in [0.15, 0.2) is 5.11 Å². The third-order valence-corrected chi connectivity index (χ3v) is 3.67. The van der Waals surface area contributed by atoms with Crippen LogP contribution in [0.3, 0.4) is 0 Å². The van der Waals surface area contributed by atoms with Crippen LogP contribution in [0, 0.1) is 30.3 Å². The molecule has 150 valence electrons. The van der Waals surface area contributed by atoms with Crippen LogP contribution >= 0.6 is 12.2 Å². The second-order valence-corrected chi connectivity index (χ2v) is 5.71. The summed E-state index contributed by atoms with van der Waals surface area (Å²) in [6.45, 7) is 0. The Morgan fingerprint density at radius 2 is 1.55 bits per heavy atom. The van der Waals surface area contributed by atoms with Crippen molar-refractivity contribution in [2.45, 2.75) is 0 Å². The number of carbonyl (C=O) groups excluding carboxylic acids is 1. The first-order valence-electron chi connectivity index (χ1n) is 7.51. The number of anilines is 1. The van der Waals surface area contributed by atoms with Crippen molar-refractivity contribution in [1.82, 2.24) is 5.32 Å². The number of nitrogens with zero attached hydrogens (tertiary/aromatic N) is 3. The number of thiocarbonyl (C=S) groups is 1. The lowest BCUT2D eigenvalue weighted by atomic mass is 10.1. The second kappa shape index (κ2) is 8.66. The Morgan fingerprint density at radius 3 is 2.03 bits per heavy atom. The highest BCUT2D eigenvalue weighted by Gasteiger charge is 2.21. The number of nitrogens with one attached hydrogen (secondary N) is 2. The number of ether oxygens (including phenoxy) is 1. The topological polar surface area (TPSA) is 180 Å². The van der Waals surface area contributed by atoms with Gasteiger partial charge in [0.05, 0.1) is 39.6 Å². The number of hydrogen-bond acceptors (Lipinski definition) is 9. The molecule has 0 bridgehead atoms. The van der Waals surface area contributed by atoms with Crippen molar-refractivity contribution in [2.75, 3.05) is 12.4 Å². The number of hydrogen-bond donors (Lipinski definition) is 2. The van der Waals surface area contributed by atoms with E-state index in [-0.39, 0.29) is 27.8 Å². The van der Waals surface area contributed by atoms with Crippen LogP contribution in [0.15, 0.2) is 36.4 Å². The Bertz CT molecular complexity index is 1010. The van der Waals surface area contributed by atoms with Gasteiger partial charge in [0.25, 0.3) is 23.0 Å². The minimum atomic E-state index is -0.981. The van der Waals surface area contributed by atoms with E-state index in [2.05, 4.69) is 10.6 Å². The highest BCUT2D eigenvalue weighted by atomic mass is 32.1. The summed E-state index contributed by atoms with van der Waals surface area (Å²) in [5.74, 6) is -0.758. The summed E-state index contributed by atoms with van der Waals surface area (Å²) in [4.78, 5) is 42.8. The Morgan fingerprint density at radius 1 is 0.966 bits per heavy atom. The lowest BCUT2D eigenvalue weighted by Gasteiger charge is -2.10. The van der Waals surface area contributed by atoms with E-state index < -0.39 is 32.1 Å². The van der Waals surface area contributed by atoms with E-state index in [1.165, 1.54) is 19.2 Å². The number of non-ortho nitro benzene ring substituents is 2. The van der Waals surface area contributed by atoms with Gasteiger partial charge in [-0.25, -0.2) is 0 Å². The molecule has 0 unspecified atom stereocenters. The smallest absolute Gasteiger partial charge is 0.296 e. The lowest BCUT2D eigenvalue weighted by molar-refractivity contribution is -0.394. The molecule has 0 heterocycles. The van der Waals surface area contributed by atoms with E-state index in [9.17, 15) is 35.1 Å². The van der Waals surface area contributed by atoms with Gasteiger partial charge in [-0.1, -0.05) is 0 Å². The normalized spacial score (nSPS) is 9.97. The number of nitro groups is 3. The van der Waals surface area contributed by atoms with Crippen LogP contribution < -0.4 is 15.4 Å². The van der Waals surface area contributed by atoms with Crippen LogP contribution in [-0.2, 0) is 0 Å². The molecular weight excluding hydrogens is 410 g/mol. The Hall–Kier alpha value is -4.20. The maximum atomic E-state index is 12.3. The first-order chi connectivity index (χ1) is 13.6. The van der Waals surface area contributed by atoms with Crippen LogP contribution in [0.5, 0.6) is 5.75 Å². The first kappa shape index (κ1) is 21.1. The fourth-order valence-electron chi connectivity index (χ4n) is 2.16. The Kier molecular flexibility index (Phi) is 6.30. The van der Waals surface area contributed by atoms with Crippen molar-refractivity contribution >= 4 is 46.0 Å². The molecule has 29 heavy (non-hydrogen) atoms. The number of nitro benzene ring substituents is 3. The molecule has 0 fully saturated rings. The minimum absolute atomic E-state index is 0.0499. The van der Waals surface area contributed by atoms with Crippen LogP contribution in [0.2, 0.25) is 0 Å². The molecule has 2 aromatic rings. The Labute approximate surface area is 166 Å². The van der Waals surface area contributed by atoms with Gasteiger partial charge >= 0.3 is 0 Å². The van der Waals surface area contributed by atoms with Crippen molar-refractivity contribution in [3.8, 4) is 5.75 Å². The summed E-state index contributed by atoms with van der Waals surface area (Å²) in [5.41, 5.74) is -2.14. The summed E-state index contributed by atoms with van der Waals surface area (Å²) in [6, 6.07) is 6.23. The van der Waals surface area contributed by atoms with E-state index in [1.54, 1.807) is 0 Å². The molecule has 0 aromatic heterocycles. The average molecular weight is 421 g/mol. The standard InChI is InChI=1S/C15H11N5O8S/c1-28-11-2-3-12(13(7-11)20(26)27)16-15(29)17-14(21)8-4-9(18(22)23)6-10(5-8)19(24)25/h2-7H,1H3,(H2,16,17,21,29). The monoisotopic (exact) mass is 421 g/mol. The van der Waals surface area contributed by atoms with Gasteiger partial charge in [0, 0.05) is 12.1 Å². The molecule has 1 amide bonds. The molecule has 0 aliphatic rings. The van der Waals surface area contributed by atoms with E-state index in [0.717, 1.165) is 18.2 Å². The van der Waals surface area contributed by atoms with E-state index in [0.29, 0.717) is 6.07 Å². The number of rotatable bonds is 6.